The van der Waals surface area contributed by atoms with Crippen LogP contribution in [0.4, 0.5) is 5.82 Å². The van der Waals surface area contributed by atoms with E-state index in [0.717, 1.165) is 49.8 Å². The summed E-state index contributed by atoms with van der Waals surface area (Å²) < 4.78 is 2.19. The smallest absolute Gasteiger partial charge is 0.253 e. The molecule has 2 aromatic carbocycles. The molecule has 0 aliphatic rings. The molecule has 0 saturated carbocycles. The Hall–Kier alpha value is -4.33. The van der Waals surface area contributed by atoms with Gasteiger partial charge in [0.05, 0.1) is 5.52 Å². The Morgan fingerprint density at radius 1 is 1.08 bits per heavy atom. The fourth-order valence-electron chi connectivity index (χ4n) is 4.95. The van der Waals surface area contributed by atoms with Gasteiger partial charge in [-0.3, -0.25) is 14.7 Å². The van der Waals surface area contributed by atoms with Crippen LogP contribution in [0.1, 0.15) is 52.6 Å². The molecule has 8 heteroatoms. The average Bonchev–Trinajstić information content (AvgIpc) is 3.37. The van der Waals surface area contributed by atoms with E-state index < -0.39 is 0 Å². The molecule has 3 heterocycles. The number of hydrogen-bond acceptors (Lipinski definition) is 4. The summed E-state index contributed by atoms with van der Waals surface area (Å²) in [6.45, 7) is 10.1. The van der Waals surface area contributed by atoms with Crippen LogP contribution >= 0.6 is 0 Å². The van der Waals surface area contributed by atoms with Crippen molar-refractivity contribution in [2.75, 3.05) is 5.73 Å². The lowest BCUT2D eigenvalue weighted by atomic mass is 9.97. The van der Waals surface area contributed by atoms with Gasteiger partial charge in [-0.15, -0.1) is 0 Å². The molecule has 0 spiro atoms. The van der Waals surface area contributed by atoms with Crippen LogP contribution in [0.2, 0.25) is 0 Å². The molecule has 0 atom stereocenters. The molecule has 1 amide bonds. The number of aryl methyl sites for hydroxylation is 3. The van der Waals surface area contributed by atoms with Crippen molar-refractivity contribution in [3.63, 3.8) is 0 Å². The molecule has 184 valence electrons. The van der Waals surface area contributed by atoms with Gasteiger partial charge in [-0.05, 0) is 87.2 Å². The molecule has 0 saturated heterocycles. The van der Waals surface area contributed by atoms with E-state index >= 15 is 0 Å². The number of nitrogens with zero attached hydrogens (tertiary/aromatic N) is 2. The normalized spacial score (nSPS) is 11.6. The summed E-state index contributed by atoms with van der Waals surface area (Å²) in [4.78, 5) is 28.9. The number of aromatic amines is 2. The van der Waals surface area contributed by atoms with Crippen molar-refractivity contribution in [2.45, 2.75) is 47.2 Å². The Balaban J connectivity index is 1.62. The molecule has 0 bridgehead atoms. The van der Waals surface area contributed by atoms with E-state index in [-0.39, 0.29) is 24.1 Å². The number of rotatable bonds is 5. The summed E-state index contributed by atoms with van der Waals surface area (Å²) in [5, 5.41) is 11.8. The van der Waals surface area contributed by atoms with Crippen molar-refractivity contribution in [2.24, 2.45) is 0 Å². The molecule has 0 fully saturated rings. The molecule has 3 aromatic heterocycles. The van der Waals surface area contributed by atoms with Crippen molar-refractivity contribution in [3.8, 4) is 11.1 Å². The summed E-state index contributed by atoms with van der Waals surface area (Å²) in [6, 6.07) is 12.1. The number of carbonyl (C=O) groups is 1. The van der Waals surface area contributed by atoms with Gasteiger partial charge in [0.15, 0.2) is 5.82 Å². The van der Waals surface area contributed by atoms with E-state index in [0.29, 0.717) is 16.9 Å². The second-order valence-corrected chi connectivity index (χ2v) is 9.73. The molecular formula is C28H30N6O2. The van der Waals surface area contributed by atoms with Crippen molar-refractivity contribution in [1.82, 2.24) is 25.1 Å². The molecule has 0 radical (unpaired) electrons. The van der Waals surface area contributed by atoms with E-state index in [1.807, 2.05) is 51.1 Å². The molecule has 5 N–H and O–H groups in total. The van der Waals surface area contributed by atoms with Crippen molar-refractivity contribution < 1.29 is 4.79 Å². The maximum Gasteiger partial charge on any atom is 0.253 e. The Labute approximate surface area is 208 Å². The number of amides is 1. The average molecular weight is 483 g/mol. The van der Waals surface area contributed by atoms with Crippen molar-refractivity contribution >= 4 is 33.5 Å². The number of anilines is 1. The van der Waals surface area contributed by atoms with Gasteiger partial charge in [0.1, 0.15) is 0 Å². The molecule has 8 nitrogen and oxygen atoms in total. The highest BCUT2D eigenvalue weighted by Gasteiger charge is 2.20. The van der Waals surface area contributed by atoms with Crippen LogP contribution in [0.5, 0.6) is 0 Å². The minimum atomic E-state index is -0.224. The van der Waals surface area contributed by atoms with Gasteiger partial charge in [0.2, 0.25) is 0 Å². The zero-order chi connectivity index (χ0) is 25.7. The minimum absolute atomic E-state index is 0.148. The number of nitrogen functional groups attached to an aromatic ring is 1. The highest BCUT2D eigenvalue weighted by Crippen LogP contribution is 2.34. The van der Waals surface area contributed by atoms with Gasteiger partial charge in [0, 0.05) is 51.9 Å². The molecule has 5 aromatic rings. The highest BCUT2D eigenvalue weighted by molar-refractivity contribution is 6.09. The summed E-state index contributed by atoms with van der Waals surface area (Å²) in [6.07, 6.45) is 2.09. The third kappa shape index (κ3) is 3.94. The predicted octanol–water partition coefficient (Wildman–Crippen LogP) is 4.89. The second kappa shape index (κ2) is 8.71. The van der Waals surface area contributed by atoms with Crippen LogP contribution in [-0.2, 0) is 6.54 Å². The van der Waals surface area contributed by atoms with Gasteiger partial charge in [-0.2, -0.15) is 5.10 Å². The van der Waals surface area contributed by atoms with Gasteiger partial charge in [0.25, 0.3) is 11.5 Å². The van der Waals surface area contributed by atoms with E-state index in [4.69, 9.17) is 5.73 Å². The van der Waals surface area contributed by atoms with Crippen LogP contribution in [0, 0.1) is 20.8 Å². The predicted molar refractivity (Wildman–Crippen MR) is 144 cm³/mol. The van der Waals surface area contributed by atoms with Crippen LogP contribution in [0.3, 0.4) is 0 Å². The number of fused-ring (bicyclic) bond motifs is 2. The maximum atomic E-state index is 13.6. The third-order valence-electron chi connectivity index (χ3n) is 6.77. The molecule has 0 aliphatic heterocycles. The Bertz CT molecular complexity index is 1700. The first-order chi connectivity index (χ1) is 17.1. The molecule has 36 heavy (non-hydrogen) atoms. The summed E-state index contributed by atoms with van der Waals surface area (Å²) in [5.41, 5.74) is 13.2. The minimum Gasteiger partial charge on any atom is -0.382 e. The Morgan fingerprint density at radius 2 is 1.86 bits per heavy atom. The molecule has 0 aliphatic carbocycles. The molecular weight excluding hydrogens is 452 g/mol. The maximum absolute atomic E-state index is 13.6. The number of nitrogens with one attached hydrogen (secondary N) is 3. The number of nitrogens with two attached hydrogens (primary N) is 1. The number of H-pyrrole nitrogens is 2. The Morgan fingerprint density at radius 3 is 2.58 bits per heavy atom. The van der Waals surface area contributed by atoms with Gasteiger partial charge in [-0.25, -0.2) is 0 Å². The van der Waals surface area contributed by atoms with E-state index in [1.54, 1.807) is 0 Å². The van der Waals surface area contributed by atoms with E-state index in [9.17, 15) is 9.59 Å². The standard InChI is InChI=1S/C28H30N6O2/c1-14(2)34-13-16(4)25-21(27(35)30-12-22-15(3)8-17(5)31-28(22)36)9-19(11-24(25)34)18-6-7-20-23(10-18)32-33-26(20)29/h6-11,13-14H,12H2,1-5H3,(H,30,35)(H,31,36)(H3,29,32,33). The lowest BCUT2D eigenvalue weighted by Gasteiger charge is -2.14. The van der Waals surface area contributed by atoms with Crippen LogP contribution < -0.4 is 16.6 Å². The quantitative estimate of drug-likeness (QED) is 0.285. The number of carbonyl (C=O) groups excluding carboxylic acids is 1. The number of hydrogen-bond donors (Lipinski definition) is 4. The zero-order valence-corrected chi connectivity index (χ0v) is 21.1. The van der Waals surface area contributed by atoms with E-state index in [2.05, 4.69) is 51.2 Å². The van der Waals surface area contributed by atoms with Gasteiger partial charge < -0.3 is 20.6 Å². The van der Waals surface area contributed by atoms with E-state index in [1.165, 1.54) is 0 Å². The monoisotopic (exact) mass is 482 g/mol. The molecule has 5 rings (SSSR count). The topological polar surface area (TPSA) is 122 Å². The first-order valence-corrected chi connectivity index (χ1v) is 12.0. The zero-order valence-electron chi connectivity index (χ0n) is 21.1. The van der Waals surface area contributed by atoms with Gasteiger partial charge in [-0.1, -0.05) is 6.07 Å². The van der Waals surface area contributed by atoms with Crippen LogP contribution in [0.25, 0.3) is 32.9 Å². The third-order valence-corrected chi connectivity index (χ3v) is 6.77. The first-order valence-electron chi connectivity index (χ1n) is 12.0. The first kappa shape index (κ1) is 23.4. The fourth-order valence-corrected chi connectivity index (χ4v) is 4.95. The number of benzene rings is 2. The van der Waals surface area contributed by atoms with Gasteiger partial charge >= 0.3 is 0 Å². The van der Waals surface area contributed by atoms with Crippen molar-refractivity contribution in [3.05, 3.63) is 80.9 Å². The highest BCUT2D eigenvalue weighted by atomic mass is 16.1. The van der Waals surface area contributed by atoms with Crippen molar-refractivity contribution in [1.29, 1.82) is 0 Å². The molecule has 0 unspecified atom stereocenters. The summed E-state index contributed by atoms with van der Waals surface area (Å²) >= 11 is 0. The summed E-state index contributed by atoms with van der Waals surface area (Å²) in [5.74, 6) is 0.232. The Kier molecular flexibility index (Phi) is 5.67. The second-order valence-electron chi connectivity index (χ2n) is 9.73. The largest absolute Gasteiger partial charge is 0.382 e. The number of pyridine rings is 1. The lowest BCUT2D eigenvalue weighted by Crippen LogP contribution is -2.28. The van der Waals surface area contributed by atoms with Crippen LogP contribution in [0.15, 0.2) is 47.4 Å². The van der Waals surface area contributed by atoms with Crippen LogP contribution in [-0.4, -0.2) is 25.7 Å². The SMILES string of the molecule is Cc1cc(C)c(CNC(=O)c2cc(-c3ccc4c(N)n[nH]c4c3)cc3c2c(C)cn3C(C)C)c(=O)[nH]1. The lowest BCUT2D eigenvalue weighted by molar-refractivity contribution is 0.0952. The fraction of sp³-hybridized carbons (Fsp3) is 0.250. The number of aromatic nitrogens is 4. The summed E-state index contributed by atoms with van der Waals surface area (Å²) in [7, 11) is 0.